The molecule has 0 fully saturated rings. The number of nitrogens with zero attached hydrogens (tertiary/aromatic N) is 1. The van der Waals surface area contributed by atoms with Crippen molar-refractivity contribution in [3.8, 4) is 0 Å². The molecule has 15 heavy (non-hydrogen) atoms. The third-order valence-electron chi connectivity index (χ3n) is 2.79. The molecule has 0 aliphatic heterocycles. The molecule has 0 bridgehead atoms. The summed E-state index contributed by atoms with van der Waals surface area (Å²) in [5, 5.41) is 0. The molecule has 2 heteroatoms. The molecular formula is C13H29NO. The summed E-state index contributed by atoms with van der Waals surface area (Å²) in [6.45, 7) is 7.53. The number of rotatable bonds is 10. The van der Waals surface area contributed by atoms with Crippen LogP contribution in [0.5, 0.6) is 0 Å². The number of ether oxygens (including phenoxy) is 1. The molecule has 0 spiro atoms. The molecular weight excluding hydrogens is 186 g/mol. The quantitative estimate of drug-likeness (QED) is 0.519. The lowest BCUT2D eigenvalue weighted by Gasteiger charge is -2.15. The van der Waals surface area contributed by atoms with E-state index in [0.29, 0.717) is 0 Å². The predicted octanol–water partition coefficient (Wildman–Crippen LogP) is 3.17. The second kappa shape index (κ2) is 10.4. The first-order valence-electron chi connectivity index (χ1n) is 6.43. The SMILES string of the molecule is CCCCC(CC)COCCCN(C)C. The average Bonchev–Trinajstić information content (AvgIpc) is 2.21. The molecule has 0 heterocycles. The molecule has 0 radical (unpaired) electrons. The Bertz CT molecular complexity index is 126. The van der Waals surface area contributed by atoms with Crippen LogP contribution in [-0.4, -0.2) is 38.8 Å². The Kier molecular flexibility index (Phi) is 10.4. The summed E-state index contributed by atoms with van der Waals surface area (Å²) in [6.07, 6.45) is 6.39. The molecule has 1 unspecified atom stereocenters. The zero-order chi connectivity index (χ0) is 11.5. The van der Waals surface area contributed by atoms with Gasteiger partial charge in [-0.15, -0.1) is 0 Å². The molecule has 0 aliphatic rings. The van der Waals surface area contributed by atoms with Crippen LogP contribution in [0.15, 0.2) is 0 Å². The molecule has 0 aromatic rings. The lowest BCUT2D eigenvalue weighted by molar-refractivity contribution is 0.0883. The minimum absolute atomic E-state index is 0.782. The van der Waals surface area contributed by atoms with Crippen molar-refractivity contribution in [2.24, 2.45) is 5.92 Å². The number of hydrogen-bond acceptors (Lipinski definition) is 2. The maximum absolute atomic E-state index is 5.71. The molecule has 2 nitrogen and oxygen atoms in total. The third-order valence-corrected chi connectivity index (χ3v) is 2.79. The zero-order valence-corrected chi connectivity index (χ0v) is 11.1. The van der Waals surface area contributed by atoms with Crippen molar-refractivity contribution in [3.05, 3.63) is 0 Å². The summed E-state index contributed by atoms with van der Waals surface area (Å²) in [5.41, 5.74) is 0. The topological polar surface area (TPSA) is 12.5 Å². The Morgan fingerprint density at radius 1 is 1.13 bits per heavy atom. The van der Waals surface area contributed by atoms with Crippen LogP contribution in [0.4, 0.5) is 0 Å². The van der Waals surface area contributed by atoms with Crippen LogP contribution >= 0.6 is 0 Å². The first-order valence-corrected chi connectivity index (χ1v) is 6.43. The molecule has 0 rings (SSSR count). The monoisotopic (exact) mass is 215 g/mol. The van der Waals surface area contributed by atoms with Crippen molar-refractivity contribution in [2.45, 2.75) is 46.0 Å². The second-order valence-electron chi connectivity index (χ2n) is 4.65. The minimum atomic E-state index is 0.782. The maximum Gasteiger partial charge on any atom is 0.0494 e. The summed E-state index contributed by atoms with van der Waals surface area (Å²) < 4.78 is 5.71. The standard InChI is InChI=1S/C13H29NO/c1-5-7-9-13(6-2)12-15-11-8-10-14(3)4/h13H,5-12H2,1-4H3. The highest BCUT2D eigenvalue weighted by atomic mass is 16.5. The van der Waals surface area contributed by atoms with Gasteiger partial charge in [0.05, 0.1) is 0 Å². The van der Waals surface area contributed by atoms with E-state index in [1.807, 2.05) is 0 Å². The van der Waals surface area contributed by atoms with E-state index in [9.17, 15) is 0 Å². The first kappa shape index (κ1) is 14.9. The van der Waals surface area contributed by atoms with Gasteiger partial charge in [0.2, 0.25) is 0 Å². The predicted molar refractivity (Wildman–Crippen MR) is 67.3 cm³/mol. The van der Waals surface area contributed by atoms with E-state index in [1.54, 1.807) is 0 Å². The van der Waals surface area contributed by atoms with Crippen molar-refractivity contribution in [1.82, 2.24) is 4.90 Å². The summed E-state index contributed by atoms with van der Waals surface area (Å²) in [5.74, 6) is 0.782. The maximum atomic E-state index is 5.71. The highest BCUT2D eigenvalue weighted by Crippen LogP contribution is 2.12. The first-order chi connectivity index (χ1) is 7.20. The van der Waals surface area contributed by atoms with Crippen LogP contribution in [0, 0.1) is 5.92 Å². The Balaban J connectivity index is 3.30. The van der Waals surface area contributed by atoms with Crippen LogP contribution in [0.25, 0.3) is 0 Å². The number of unbranched alkanes of at least 4 members (excludes halogenated alkanes) is 1. The molecule has 1 atom stereocenters. The van der Waals surface area contributed by atoms with E-state index in [-0.39, 0.29) is 0 Å². The van der Waals surface area contributed by atoms with Gasteiger partial charge >= 0.3 is 0 Å². The zero-order valence-electron chi connectivity index (χ0n) is 11.1. The van der Waals surface area contributed by atoms with Crippen LogP contribution in [-0.2, 0) is 4.74 Å². The molecule has 0 amide bonds. The van der Waals surface area contributed by atoms with Gasteiger partial charge in [-0.05, 0) is 39.4 Å². The van der Waals surface area contributed by atoms with Crippen LogP contribution in [0.3, 0.4) is 0 Å². The van der Waals surface area contributed by atoms with E-state index < -0.39 is 0 Å². The van der Waals surface area contributed by atoms with Gasteiger partial charge < -0.3 is 9.64 Å². The fourth-order valence-electron chi connectivity index (χ4n) is 1.63. The van der Waals surface area contributed by atoms with Crippen molar-refractivity contribution in [2.75, 3.05) is 33.9 Å². The fraction of sp³-hybridized carbons (Fsp3) is 1.00. The van der Waals surface area contributed by atoms with Crippen LogP contribution < -0.4 is 0 Å². The van der Waals surface area contributed by atoms with Gasteiger partial charge in [0.15, 0.2) is 0 Å². The lowest BCUT2D eigenvalue weighted by atomic mass is 10.0. The lowest BCUT2D eigenvalue weighted by Crippen LogP contribution is -2.16. The Morgan fingerprint density at radius 3 is 2.40 bits per heavy atom. The van der Waals surface area contributed by atoms with Gasteiger partial charge in [-0.1, -0.05) is 33.1 Å². The van der Waals surface area contributed by atoms with Gasteiger partial charge in [-0.3, -0.25) is 0 Å². The normalized spacial score (nSPS) is 13.4. The van der Waals surface area contributed by atoms with Crippen molar-refractivity contribution in [1.29, 1.82) is 0 Å². The summed E-state index contributed by atoms with van der Waals surface area (Å²) in [4.78, 5) is 2.21. The number of hydrogen-bond donors (Lipinski definition) is 0. The second-order valence-corrected chi connectivity index (χ2v) is 4.65. The highest BCUT2D eigenvalue weighted by Gasteiger charge is 2.05. The van der Waals surface area contributed by atoms with Crippen molar-refractivity contribution >= 4 is 0 Å². The summed E-state index contributed by atoms with van der Waals surface area (Å²) in [6, 6.07) is 0. The Morgan fingerprint density at radius 2 is 1.87 bits per heavy atom. The fourth-order valence-corrected chi connectivity index (χ4v) is 1.63. The summed E-state index contributed by atoms with van der Waals surface area (Å²) >= 11 is 0. The molecule has 0 N–H and O–H groups in total. The van der Waals surface area contributed by atoms with Gasteiger partial charge in [0.1, 0.15) is 0 Å². The van der Waals surface area contributed by atoms with E-state index in [0.717, 1.165) is 32.1 Å². The van der Waals surface area contributed by atoms with E-state index >= 15 is 0 Å². The minimum Gasteiger partial charge on any atom is -0.381 e. The van der Waals surface area contributed by atoms with E-state index in [2.05, 4.69) is 32.8 Å². The molecule has 0 aliphatic carbocycles. The van der Waals surface area contributed by atoms with E-state index in [4.69, 9.17) is 4.74 Å². The molecule has 0 aromatic carbocycles. The van der Waals surface area contributed by atoms with E-state index in [1.165, 1.54) is 25.7 Å². The van der Waals surface area contributed by atoms with Gasteiger partial charge in [0, 0.05) is 13.2 Å². The molecule has 0 aromatic heterocycles. The Labute approximate surface area is 96.0 Å². The van der Waals surface area contributed by atoms with Crippen molar-refractivity contribution < 1.29 is 4.74 Å². The smallest absolute Gasteiger partial charge is 0.0494 e. The average molecular weight is 215 g/mol. The van der Waals surface area contributed by atoms with Crippen molar-refractivity contribution in [3.63, 3.8) is 0 Å². The Hall–Kier alpha value is -0.0800. The third kappa shape index (κ3) is 10.2. The van der Waals surface area contributed by atoms with Gasteiger partial charge in [-0.2, -0.15) is 0 Å². The molecule has 0 saturated carbocycles. The largest absolute Gasteiger partial charge is 0.381 e. The summed E-state index contributed by atoms with van der Waals surface area (Å²) in [7, 11) is 4.21. The molecule has 0 saturated heterocycles. The highest BCUT2D eigenvalue weighted by molar-refractivity contribution is 4.56. The van der Waals surface area contributed by atoms with Crippen LogP contribution in [0.2, 0.25) is 0 Å². The van der Waals surface area contributed by atoms with Gasteiger partial charge in [-0.25, -0.2) is 0 Å². The van der Waals surface area contributed by atoms with Crippen LogP contribution in [0.1, 0.15) is 46.0 Å². The molecule has 92 valence electrons. The van der Waals surface area contributed by atoms with Gasteiger partial charge in [0.25, 0.3) is 0 Å².